The van der Waals surface area contributed by atoms with E-state index >= 15 is 0 Å². The lowest BCUT2D eigenvalue weighted by atomic mass is 10.1. The minimum Gasteiger partial charge on any atom is -0.504 e. The molecular formula is C14H16O5. The van der Waals surface area contributed by atoms with Crippen molar-refractivity contribution in [2.75, 3.05) is 13.7 Å². The van der Waals surface area contributed by atoms with Crippen LogP contribution in [0.15, 0.2) is 23.8 Å². The number of carbonyl (C=O) groups excluding carboxylic acids is 2. The Morgan fingerprint density at radius 2 is 2.05 bits per heavy atom. The summed E-state index contributed by atoms with van der Waals surface area (Å²) in [6, 6.07) is 4.52. The lowest BCUT2D eigenvalue weighted by Crippen LogP contribution is -2.13. The topological polar surface area (TPSA) is 72.8 Å². The molecule has 0 aliphatic heterocycles. The number of methoxy groups -OCH3 is 1. The maximum absolute atomic E-state index is 11.6. The first kappa shape index (κ1) is 14.8. The average Bonchev–Trinajstić information content (AvgIpc) is 2.37. The van der Waals surface area contributed by atoms with Gasteiger partial charge in [-0.15, -0.1) is 0 Å². The summed E-state index contributed by atoms with van der Waals surface area (Å²) in [7, 11) is 1.42. The van der Waals surface area contributed by atoms with Crippen LogP contribution in [-0.2, 0) is 14.3 Å². The number of hydrogen-bond acceptors (Lipinski definition) is 5. The molecule has 0 saturated carbocycles. The summed E-state index contributed by atoms with van der Waals surface area (Å²) < 4.78 is 9.76. The predicted molar refractivity (Wildman–Crippen MR) is 69.9 cm³/mol. The molecule has 0 atom stereocenters. The normalized spacial score (nSPS) is 11.0. The van der Waals surface area contributed by atoms with Crippen molar-refractivity contribution < 1.29 is 24.2 Å². The first-order chi connectivity index (χ1) is 8.99. The van der Waals surface area contributed by atoms with Crippen molar-refractivity contribution in [2.45, 2.75) is 13.8 Å². The summed E-state index contributed by atoms with van der Waals surface area (Å²) in [6.07, 6.45) is 1.41. The zero-order valence-electron chi connectivity index (χ0n) is 11.1. The second-order valence-corrected chi connectivity index (χ2v) is 3.77. The Morgan fingerprint density at radius 1 is 1.37 bits per heavy atom. The summed E-state index contributed by atoms with van der Waals surface area (Å²) in [5, 5.41) is 9.47. The Balaban J connectivity index is 3.15. The minimum atomic E-state index is -0.665. The van der Waals surface area contributed by atoms with E-state index in [1.165, 1.54) is 32.2 Å². The Morgan fingerprint density at radius 3 is 2.58 bits per heavy atom. The Labute approximate surface area is 111 Å². The highest BCUT2D eigenvalue weighted by Gasteiger charge is 2.15. The smallest absolute Gasteiger partial charge is 0.341 e. The van der Waals surface area contributed by atoms with Crippen LogP contribution in [0.25, 0.3) is 6.08 Å². The molecule has 0 fully saturated rings. The van der Waals surface area contributed by atoms with Crippen molar-refractivity contribution >= 4 is 17.8 Å². The van der Waals surface area contributed by atoms with Gasteiger partial charge in [0.1, 0.15) is 5.57 Å². The van der Waals surface area contributed by atoms with Gasteiger partial charge in [-0.3, -0.25) is 4.79 Å². The van der Waals surface area contributed by atoms with Crippen LogP contribution in [0.5, 0.6) is 11.5 Å². The van der Waals surface area contributed by atoms with Crippen LogP contribution in [0.4, 0.5) is 0 Å². The predicted octanol–water partition coefficient (Wildman–Crippen LogP) is 1.94. The largest absolute Gasteiger partial charge is 0.504 e. The molecule has 0 unspecified atom stereocenters. The van der Waals surface area contributed by atoms with E-state index in [0.29, 0.717) is 5.56 Å². The number of aromatic hydroxyl groups is 1. The van der Waals surface area contributed by atoms with Gasteiger partial charge in [0.15, 0.2) is 17.3 Å². The fourth-order valence-electron chi connectivity index (χ4n) is 1.46. The van der Waals surface area contributed by atoms with Gasteiger partial charge in [-0.2, -0.15) is 0 Å². The molecule has 1 N–H and O–H groups in total. The van der Waals surface area contributed by atoms with Gasteiger partial charge in [-0.25, -0.2) is 4.79 Å². The first-order valence-electron chi connectivity index (χ1n) is 5.76. The molecule has 0 aliphatic rings. The van der Waals surface area contributed by atoms with Crippen LogP contribution in [-0.4, -0.2) is 30.6 Å². The van der Waals surface area contributed by atoms with E-state index in [1.807, 2.05) is 0 Å². The van der Waals surface area contributed by atoms with E-state index in [0.717, 1.165) is 0 Å². The van der Waals surface area contributed by atoms with Crippen LogP contribution in [0.3, 0.4) is 0 Å². The number of ether oxygens (including phenoxy) is 2. The van der Waals surface area contributed by atoms with Crippen molar-refractivity contribution in [2.24, 2.45) is 0 Å². The molecule has 0 spiro atoms. The van der Waals surface area contributed by atoms with Gasteiger partial charge in [0.05, 0.1) is 13.7 Å². The lowest BCUT2D eigenvalue weighted by Gasteiger charge is -2.06. The molecule has 0 saturated heterocycles. The molecule has 102 valence electrons. The fraction of sp³-hybridized carbons (Fsp3) is 0.286. The van der Waals surface area contributed by atoms with Gasteiger partial charge in [-0.1, -0.05) is 6.07 Å². The van der Waals surface area contributed by atoms with Crippen molar-refractivity contribution in [3.8, 4) is 11.5 Å². The number of Topliss-reactive ketones (excluding diaryl/α,β-unsaturated/α-hetero) is 1. The summed E-state index contributed by atoms with van der Waals surface area (Å²) in [5.74, 6) is -0.798. The molecule has 5 nitrogen and oxygen atoms in total. The third-order valence-corrected chi connectivity index (χ3v) is 2.39. The van der Waals surface area contributed by atoms with E-state index in [4.69, 9.17) is 9.47 Å². The number of rotatable bonds is 5. The van der Waals surface area contributed by atoms with E-state index < -0.39 is 5.97 Å². The van der Waals surface area contributed by atoms with Gasteiger partial charge in [0, 0.05) is 0 Å². The second-order valence-electron chi connectivity index (χ2n) is 3.77. The van der Waals surface area contributed by atoms with E-state index in [1.54, 1.807) is 13.0 Å². The minimum absolute atomic E-state index is 0.0137. The number of phenols is 1. The average molecular weight is 264 g/mol. The standard InChI is InChI=1S/C14H16O5/c1-4-19-14(17)11(9(2)15)7-10-5-6-12(16)13(8-10)18-3/h5-8,16H,4H2,1-3H3/b11-7+. The van der Waals surface area contributed by atoms with Crippen LogP contribution in [0.1, 0.15) is 19.4 Å². The van der Waals surface area contributed by atoms with Crippen molar-refractivity contribution in [3.05, 3.63) is 29.3 Å². The Bertz CT molecular complexity index is 517. The molecule has 0 aromatic heterocycles. The van der Waals surface area contributed by atoms with E-state index in [9.17, 15) is 14.7 Å². The number of ketones is 1. The van der Waals surface area contributed by atoms with Gasteiger partial charge in [0.2, 0.25) is 0 Å². The summed E-state index contributed by atoms with van der Waals surface area (Å²) >= 11 is 0. The molecule has 5 heteroatoms. The maximum Gasteiger partial charge on any atom is 0.341 e. The van der Waals surface area contributed by atoms with Crippen LogP contribution in [0.2, 0.25) is 0 Å². The summed E-state index contributed by atoms with van der Waals surface area (Å²) in [4.78, 5) is 23.1. The van der Waals surface area contributed by atoms with Crippen LogP contribution >= 0.6 is 0 Å². The summed E-state index contributed by atoms with van der Waals surface area (Å²) in [6.45, 7) is 3.15. The molecule has 19 heavy (non-hydrogen) atoms. The molecule has 1 aromatic rings. The van der Waals surface area contributed by atoms with Gasteiger partial charge < -0.3 is 14.6 Å². The number of benzene rings is 1. The molecular weight excluding hydrogens is 248 g/mol. The molecule has 0 bridgehead atoms. The molecule has 0 amide bonds. The summed E-state index contributed by atoms with van der Waals surface area (Å²) in [5.41, 5.74) is 0.516. The van der Waals surface area contributed by atoms with Crippen molar-refractivity contribution in [1.82, 2.24) is 0 Å². The van der Waals surface area contributed by atoms with Crippen molar-refractivity contribution in [1.29, 1.82) is 0 Å². The lowest BCUT2D eigenvalue weighted by molar-refractivity contribution is -0.139. The third-order valence-electron chi connectivity index (χ3n) is 2.39. The van der Waals surface area contributed by atoms with Gasteiger partial charge >= 0.3 is 5.97 Å². The van der Waals surface area contributed by atoms with Crippen LogP contribution < -0.4 is 4.74 Å². The molecule has 1 rings (SSSR count). The molecule has 0 heterocycles. The SMILES string of the molecule is CCOC(=O)/C(=C/c1ccc(O)c(OC)c1)C(C)=O. The number of phenolic OH excluding ortho intramolecular Hbond substituents is 1. The first-order valence-corrected chi connectivity index (χ1v) is 5.76. The quantitative estimate of drug-likeness (QED) is 0.381. The number of hydrogen-bond donors (Lipinski definition) is 1. The highest BCUT2D eigenvalue weighted by atomic mass is 16.5. The Hall–Kier alpha value is -2.30. The highest BCUT2D eigenvalue weighted by molar-refractivity contribution is 6.19. The number of carbonyl (C=O) groups is 2. The molecule has 1 aromatic carbocycles. The third kappa shape index (κ3) is 3.84. The van der Waals surface area contributed by atoms with E-state index in [2.05, 4.69) is 0 Å². The maximum atomic E-state index is 11.6. The fourth-order valence-corrected chi connectivity index (χ4v) is 1.46. The van der Waals surface area contributed by atoms with E-state index in [-0.39, 0.29) is 29.5 Å². The van der Waals surface area contributed by atoms with Gasteiger partial charge in [-0.05, 0) is 37.6 Å². The number of esters is 1. The molecule has 0 radical (unpaired) electrons. The highest BCUT2D eigenvalue weighted by Crippen LogP contribution is 2.27. The van der Waals surface area contributed by atoms with Gasteiger partial charge in [0.25, 0.3) is 0 Å². The second kappa shape index (κ2) is 6.58. The zero-order valence-corrected chi connectivity index (χ0v) is 11.1. The van der Waals surface area contributed by atoms with Crippen molar-refractivity contribution in [3.63, 3.8) is 0 Å². The zero-order chi connectivity index (χ0) is 14.4. The van der Waals surface area contributed by atoms with Crippen LogP contribution in [0, 0.1) is 0 Å². The monoisotopic (exact) mass is 264 g/mol. The molecule has 0 aliphatic carbocycles. The Kier molecular flexibility index (Phi) is 5.11.